The molecule has 23 heavy (non-hydrogen) atoms. The van der Waals surface area contributed by atoms with Crippen LogP contribution in [0.5, 0.6) is 0 Å². The third-order valence-electron chi connectivity index (χ3n) is 3.64. The molecule has 3 rings (SSSR count). The summed E-state index contributed by atoms with van der Waals surface area (Å²) < 4.78 is 0. The molecule has 1 atom stereocenters. The number of carbonyl (C=O) groups excluding carboxylic acids is 3. The number of ketones is 1. The monoisotopic (exact) mass is 328 g/mol. The molecule has 1 aliphatic heterocycles. The number of amides is 2. The van der Waals surface area contributed by atoms with Gasteiger partial charge in [0.25, 0.3) is 5.91 Å². The van der Waals surface area contributed by atoms with E-state index in [-0.39, 0.29) is 6.54 Å². The zero-order valence-electron chi connectivity index (χ0n) is 12.0. The molecule has 0 radical (unpaired) electrons. The first-order valence-electron chi connectivity index (χ1n) is 7.02. The number of carbonyl (C=O) groups is 3. The van der Waals surface area contributed by atoms with Gasteiger partial charge in [-0.05, 0) is 29.3 Å². The van der Waals surface area contributed by atoms with Crippen molar-refractivity contribution in [3.05, 3.63) is 64.7 Å². The standard InChI is InChI=1S/C17H13ClN2O3/c18-11-7-5-10(6-8-11)9-19-17(23)15(21)14-12-3-1-2-4-13(12)20-16(14)22/h1-8,14H,9H2,(H,19,23)(H,20,22)/t14-/m1/s1. The van der Waals surface area contributed by atoms with Gasteiger partial charge in [-0.3, -0.25) is 14.4 Å². The number of rotatable bonds is 4. The maximum atomic E-state index is 12.3. The number of para-hydroxylation sites is 1. The lowest BCUT2D eigenvalue weighted by Gasteiger charge is -2.09. The number of Topliss-reactive ketones (excluding diaryl/α,β-unsaturated/α-hetero) is 1. The lowest BCUT2D eigenvalue weighted by atomic mass is 9.95. The Bertz CT molecular complexity index is 787. The minimum absolute atomic E-state index is 0.192. The summed E-state index contributed by atoms with van der Waals surface area (Å²) in [6.07, 6.45) is 0. The van der Waals surface area contributed by atoms with Crippen molar-refractivity contribution in [3.63, 3.8) is 0 Å². The summed E-state index contributed by atoms with van der Waals surface area (Å²) in [5, 5.41) is 5.74. The first kappa shape index (κ1) is 15.2. The molecular weight excluding hydrogens is 316 g/mol. The zero-order valence-corrected chi connectivity index (χ0v) is 12.8. The second-order valence-electron chi connectivity index (χ2n) is 5.18. The van der Waals surface area contributed by atoms with Gasteiger partial charge >= 0.3 is 0 Å². The van der Waals surface area contributed by atoms with Gasteiger partial charge in [0.15, 0.2) is 0 Å². The average molecular weight is 329 g/mol. The first-order valence-corrected chi connectivity index (χ1v) is 7.40. The fourth-order valence-corrected chi connectivity index (χ4v) is 2.60. The van der Waals surface area contributed by atoms with Crippen LogP contribution in [0.15, 0.2) is 48.5 Å². The Kier molecular flexibility index (Phi) is 4.12. The fraction of sp³-hybridized carbons (Fsp3) is 0.118. The van der Waals surface area contributed by atoms with E-state index in [0.717, 1.165) is 5.56 Å². The molecule has 0 spiro atoms. The van der Waals surface area contributed by atoms with Crippen LogP contribution in [0.1, 0.15) is 17.0 Å². The molecule has 1 heterocycles. The van der Waals surface area contributed by atoms with E-state index in [9.17, 15) is 14.4 Å². The highest BCUT2D eigenvalue weighted by molar-refractivity contribution is 6.44. The van der Waals surface area contributed by atoms with E-state index >= 15 is 0 Å². The molecule has 2 N–H and O–H groups in total. The predicted molar refractivity (Wildman–Crippen MR) is 86.1 cm³/mol. The Morgan fingerprint density at radius 1 is 1.09 bits per heavy atom. The van der Waals surface area contributed by atoms with Crippen LogP contribution in [-0.2, 0) is 20.9 Å². The second-order valence-corrected chi connectivity index (χ2v) is 5.62. The van der Waals surface area contributed by atoms with Crippen molar-refractivity contribution in [2.75, 3.05) is 5.32 Å². The molecule has 2 aromatic rings. The lowest BCUT2D eigenvalue weighted by molar-refractivity contribution is -0.140. The van der Waals surface area contributed by atoms with Crippen LogP contribution in [0.4, 0.5) is 5.69 Å². The summed E-state index contributed by atoms with van der Waals surface area (Å²) in [4.78, 5) is 36.3. The number of benzene rings is 2. The van der Waals surface area contributed by atoms with E-state index in [1.54, 1.807) is 48.5 Å². The highest BCUT2D eigenvalue weighted by Crippen LogP contribution is 2.32. The highest BCUT2D eigenvalue weighted by Gasteiger charge is 2.39. The third kappa shape index (κ3) is 3.10. The predicted octanol–water partition coefficient (Wildman–Crippen LogP) is 2.26. The highest BCUT2D eigenvalue weighted by atomic mass is 35.5. The normalized spacial score (nSPS) is 15.7. The van der Waals surface area contributed by atoms with Crippen LogP contribution in [0, 0.1) is 0 Å². The molecular formula is C17H13ClN2O3. The zero-order chi connectivity index (χ0) is 16.4. The van der Waals surface area contributed by atoms with Gasteiger partial charge in [0.05, 0.1) is 0 Å². The van der Waals surface area contributed by atoms with Crippen molar-refractivity contribution in [3.8, 4) is 0 Å². The molecule has 0 bridgehead atoms. The van der Waals surface area contributed by atoms with Gasteiger partial charge in [0.1, 0.15) is 5.92 Å². The molecule has 1 aliphatic rings. The van der Waals surface area contributed by atoms with Gasteiger partial charge in [-0.1, -0.05) is 41.9 Å². The van der Waals surface area contributed by atoms with E-state index in [1.807, 2.05) is 0 Å². The topological polar surface area (TPSA) is 75.3 Å². The van der Waals surface area contributed by atoms with Crippen LogP contribution >= 0.6 is 11.6 Å². The Hall–Kier alpha value is -2.66. The molecule has 2 aromatic carbocycles. The number of anilines is 1. The minimum atomic E-state index is -1.09. The van der Waals surface area contributed by atoms with Crippen molar-refractivity contribution >= 4 is 34.9 Å². The molecule has 6 heteroatoms. The van der Waals surface area contributed by atoms with Crippen LogP contribution in [0.25, 0.3) is 0 Å². The molecule has 5 nitrogen and oxygen atoms in total. The van der Waals surface area contributed by atoms with Gasteiger partial charge in [-0.15, -0.1) is 0 Å². The second kappa shape index (κ2) is 6.22. The van der Waals surface area contributed by atoms with Crippen molar-refractivity contribution in [2.45, 2.75) is 12.5 Å². The molecule has 0 aliphatic carbocycles. The van der Waals surface area contributed by atoms with E-state index in [1.165, 1.54) is 0 Å². The van der Waals surface area contributed by atoms with Crippen LogP contribution in [0.3, 0.4) is 0 Å². The van der Waals surface area contributed by atoms with Gasteiger partial charge in [0, 0.05) is 17.3 Å². The molecule has 0 aromatic heterocycles. The quantitative estimate of drug-likeness (QED) is 0.667. The SMILES string of the molecule is O=C(NCc1ccc(Cl)cc1)C(=O)[C@@H]1C(=O)Nc2ccccc21. The van der Waals surface area contributed by atoms with E-state index in [4.69, 9.17) is 11.6 Å². The van der Waals surface area contributed by atoms with Crippen LogP contribution < -0.4 is 10.6 Å². The van der Waals surface area contributed by atoms with Crippen LogP contribution in [-0.4, -0.2) is 17.6 Å². The molecule has 0 fully saturated rings. The molecule has 0 saturated heterocycles. The molecule has 116 valence electrons. The van der Waals surface area contributed by atoms with E-state index in [0.29, 0.717) is 16.3 Å². The summed E-state index contributed by atoms with van der Waals surface area (Å²) in [6.45, 7) is 0.192. The van der Waals surface area contributed by atoms with Crippen molar-refractivity contribution < 1.29 is 14.4 Å². The largest absolute Gasteiger partial charge is 0.345 e. The Morgan fingerprint density at radius 3 is 2.52 bits per heavy atom. The number of halogens is 1. The summed E-state index contributed by atoms with van der Waals surface area (Å²) in [5.41, 5.74) is 1.91. The Balaban J connectivity index is 1.69. The maximum Gasteiger partial charge on any atom is 0.288 e. The number of hydrogen-bond acceptors (Lipinski definition) is 3. The first-order chi connectivity index (χ1) is 11.1. The third-order valence-corrected chi connectivity index (χ3v) is 3.90. The van der Waals surface area contributed by atoms with Gasteiger partial charge in [-0.2, -0.15) is 0 Å². The summed E-state index contributed by atoms with van der Waals surface area (Å²) in [7, 11) is 0. The van der Waals surface area contributed by atoms with E-state index in [2.05, 4.69) is 10.6 Å². The summed E-state index contributed by atoms with van der Waals surface area (Å²) in [5.74, 6) is -3.10. The van der Waals surface area contributed by atoms with Crippen LogP contribution in [0.2, 0.25) is 5.02 Å². The van der Waals surface area contributed by atoms with Gasteiger partial charge in [-0.25, -0.2) is 0 Å². The maximum absolute atomic E-state index is 12.3. The molecule has 2 amide bonds. The molecule has 0 unspecified atom stereocenters. The van der Waals surface area contributed by atoms with Gasteiger partial charge < -0.3 is 10.6 Å². The summed E-state index contributed by atoms with van der Waals surface area (Å²) >= 11 is 5.79. The summed E-state index contributed by atoms with van der Waals surface area (Å²) in [6, 6.07) is 13.8. The van der Waals surface area contributed by atoms with E-state index < -0.39 is 23.5 Å². The van der Waals surface area contributed by atoms with Crippen molar-refractivity contribution in [1.29, 1.82) is 0 Å². The van der Waals surface area contributed by atoms with Crippen molar-refractivity contribution in [1.82, 2.24) is 5.32 Å². The number of hydrogen-bond donors (Lipinski definition) is 2. The van der Waals surface area contributed by atoms with Crippen molar-refractivity contribution in [2.24, 2.45) is 0 Å². The smallest absolute Gasteiger partial charge is 0.288 e. The number of nitrogens with one attached hydrogen (secondary N) is 2. The minimum Gasteiger partial charge on any atom is -0.345 e. The fourth-order valence-electron chi connectivity index (χ4n) is 2.47. The number of fused-ring (bicyclic) bond motifs is 1. The Labute approximate surface area is 137 Å². The Morgan fingerprint density at radius 2 is 1.78 bits per heavy atom. The lowest BCUT2D eigenvalue weighted by Crippen LogP contribution is -2.36. The average Bonchev–Trinajstić information content (AvgIpc) is 2.89. The molecule has 0 saturated carbocycles. The van der Waals surface area contributed by atoms with Gasteiger partial charge in [0.2, 0.25) is 11.7 Å².